The van der Waals surface area contributed by atoms with E-state index in [1.807, 2.05) is 26.8 Å². The third-order valence-electron chi connectivity index (χ3n) is 3.84. The van der Waals surface area contributed by atoms with Crippen LogP contribution in [0.4, 0.5) is 0 Å². The lowest BCUT2D eigenvalue weighted by Crippen LogP contribution is -2.49. The van der Waals surface area contributed by atoms with Crippen LogP contribution in [0.15, 0.2) is 35.5 Å². The summed E-state index contributed by atoms with van der Waals surface area (Å²) in [6.45, 7) is 7.54. The van der Waals surface area contributed by atoms with Crippen molar-refractivity contribution < 1.29 is 19.4 Å². The number of hydrogen-bond acceptors (Lipinski definition) is 3. The minimum absolute atomic E-state index is 0.0892. The van der Waals surface area contributed by atoms with Crippen molar-refractivity contribution in [1.82, 2.24) is 0 Å². The van der Waals surface area contributed by atoms with Gasteiger partial charge in [-0.1, -0.05) is 19.9 Å². The number of carboxylic acid groups (broad SMARTS) is 1. The van der Waals surface area contributed by atoms with E-state index in [-0.39, 0.29) is 5.78 Å². The number of carbonyl (C=O) groups excluding carboxylic acids is 1. The van der Waals surface area contributed by atoms with Gasteiger partial charge in [-0.25, -0.2) is 4.79 Å². The molecule has 1 rings (SSSR count). The fraction of sp³-hybridized carbons (Fsp3) is 0.500. The van der Waals surface area contributed by atoms with Crippen molar-refractivity contribution in [2.45, 2.75) is 39.7 Å². The molecule has 0 fully saturated rings. The Morgan fingerprint density at radius 2 is 2.05 bits per heavy atom. The monoisotopic (exact) mass is 278 g/mol. The van der Waals surface area contributed by atoms with Crippen LogP contribution in [0.25, 0.3) is 0 Å². The summed E-state index contributed by atoms with van der Waals surface area (Å²) >= 11 is 0. The quantitative estimate of drug-likeness (QED) is 0.634. The molecule has 1 unspecified atom stereocenters. The summed E-state index contributed by atoms with van der Waals surface area (Å²) < 4.78 is 5.73. The summed E-state index contributed by atoms with van der Waals surface area (Å²) in [5, 5.41) is 8.73. The Morgan fingerprint density at radius 1 is 1.45 bits per heavy atom. The second kappa shape index (κ2) is 5.75. The Kier molecular flexibility index (Phi) is 4.71. The Morgan fingerprint density at radius 3 is 2.50 bits per heavy atom. The zero-order valence-electron chi connectivity index (χ0n) is 12.7. The van der Waals surface area contributed by atoms with E-state index in [0.717, 1.165) is 11.6 Å². The van der Waals surface area contributed by atoms with E-state index in [4.69, 9.17) is 9.84 Å². The van der Waals surface area contributed by atoms with Gasteiger partial charge < -0.3 is 9.84 Å². The molecule has 1 atom stereocenters. The molecule has 110 valence electrons. The molecule has 0 radical (unpaired) electrons. The Labute approximate surface area is 119 Å². The highest BCUT2D eigenvalue weighted by atomic mass is 16.5. The van der Waals surface area contributed by atoms with E-state index in [0.29, 0.717) is 12.0 Å². The van der Waals surface area contributed by atoms with Gasteiger partial charge in [0.15, 0.2) is 5.78 Å². The van der Waals surface area contributed by atoms with E-state index in [2.05, 4.69) is 0 Å². The van der Waals surface area contributed by atoms with Gasteiger partial charge in [-0.15, -0.1) is 0 Å². The summed E-state index contributed by atoms with van der Waals surface area (Å²) in [6, 6.07) is 0. The number of allylic oxidation sites excluding steroid dienone is 3. The number of rotatable bonds is 4. The molecule has 4 nitrogen and oxygen atoms in total. The topological polar surface area (TPSA) is 63.6 Å². The summed E-state index contributed by atoms with van der Waals surface area (Å²) in [4.78, 5) is 22.4. The molecule has 0 heterocycles. The smallest absolute Gasteiger partial charge is 0.328 e. The zero-order chi connectivity index (χ0) is 15.6. The van der Waals surface area contributed by atoms with Gasteiger partial charge >= 0.3 is 5.97 Å². The van der Waals surface area contributed by atoms with Crippen LogP contribution in [-0.2, 0) is 14.3 Å². The molecule has 0 aromatic heterocycles. The van der Waals surface area contributed by atoms with Crippen LogP contribution in [0.5, 0.6) is 0 Å². The van der Waals surface area contributed by atoms with Gasteiger partial charge in [0, 0.05) is 25.0 Å². The number of hydrogen-bond donors (Lipinski definition) is 1. The molecule has 0 aromatic carbocycles. The molecule has 1 N–H and O–H groups in total. The SMILES string of the molecule is COC1(/C=C/C(C)=C\C(=O)O)C(C)=CC(=O)CC1(C)C. The molecule has 0 saturated heterocycles. The van der Waals surface area contributed by atoms with Crippen LogP contribution in [0.2, 0.25) is 0 Å². The normalized spacial score (nSPS) is 26.8. The first-order chi connectivity index (χ1) is 9.14. The average molecular weight is 278 g/mol. The van der Waals surface area contributed by atoms with Crippen LogP contribution >= 0.6 is 0 Å². The van der Waals surface area contributed by atoms with Crippen molar-refractivity contribution in [3.8, 4) is 0 Å². The average Bonchev–Trinajstić information content (AvgIpc) is 2.26. The fourth-order valence-corrected chi connectivity index (χ4v) is 2.85. The maximum atomic E-state index is 11.7. The van der Waals surface area contributed by atoms with Crippen LogP contribution in [0.3, 0.4) is 0 Å². The molecule has 0 saturated carbocycles. The maximum absolute atomic E-state index is 11.7. The van der Waals surface area contributed by atoms with E-state index in [1.54, 1.807) is 26.2 Å². The van der Waals surface area contributed by atoms with Gasteiger partial charge in [0.2, 0.25) is 0 Å². The summed E-state index contributed by atoms with van der Waals surface area (Å²) in [5.74, 6) is -0.893. The number of methoxy groups -OCH3 is 1. The molecule has 1 aliphatic carbocycles. The second-order valence-corrected chi connectivity index (χ2v) is 5.85. The summed E-state index contributed by atoms with van der Waals surface area (Å²) in [5.41, 5.74) is 0.363. The third-order valence-corrected chi connectivity index (χ3v) is 3.84. The van der Waals surface area contributed by atoms with E-state index >= 15 is 0 Å². The lowest BCUT2D eigenvalue weighted by molar-refractivity contribution is -0.131. The molecule has 0 bridgehead atoms. The fourth-order valence-electron chi connectivity index (χ4n) is 2.85. The van der Waals surface area contributed by atoms with Crippen molar-refractivity contribution >= 4 is 11.8 Å². The van der Waals surface area contributed by atoms with Gasteiger partial charge in [-0.05, 0) is 37.1 Å². The van der Waals surface area contributed by atoms with Gasteiger partial charge in [-0.3, -0.25) is 4.79 Å². The lowest BCUT2D eigenvalue weighted by Gasteiger charge is -2.46. The highest BCUT2D eigenvalue weighted by molar-refractivity contribution is 5.92. The van der Waals surface area contributed by atoms with Crippen LogP contribution < -0.4 is 0 Å². The molecule has 1 aliphatic rings. The maximum Gasteiger partial charge on any atom is 0.328 e. The Hall–Kier alpha value is -1.68. The molecule has 0 aliphatic heterocycles. The number of carbonyl (C=O) groups is 2. The van der Waals surface area contributed by atoms with Crippen LogP contribution in [-0.4, -0.2) is 29.6 Å². The van der Waals surface area contributed by atoms with Crippen molar-refractivity contribution in [2.24, 2.45) is 5.41 Å². The van der Waals surface area contributed by atoms with E-state index in [1.165, 1.54) is 0 Å². The number of ether oxygens (including phenoxy) is 1. The minimum Gasteiger partial charge on any atom is -0.478 e. The molecule has 0 spiro atoms. The third kappa shape index (κ3) is 3.07. The van der Waals surface area contributed by atoms with Crippen molar-refractivity contribution in [3.05, 3.63) is 35.5 Å². The molecular formula is C16H22O4. The predicted octanol–water partition coefficient (Wildman–Crippen LogP) is 2.90. The van der Waals surface area contributed by atoms with Crippen molar-refractivity contribution in [1.29, 1.82) is 0 Å². The number of carboxylic acids is 1. The van der Waals surface area contributed by atoms with Gasteiger partial charge in [-0.2, -0.15) is 0 Å². The van der Waals surface area contributed by atoms with Crippen LogP contribution in [0, 0.1) is 5.41 Å². The Balaban J connectivity index is 3.26. The van der Waals surface area contributed by atoms with Gasteiger partial charge in [0.1, 0.15) is 5.60 Å². The van der Waals surface area contributed by atoms with Gasteiger partial charge in [0.05, 0.1) is 0 Å². The molecule has 0 amide bonds. The van der Waals surface area contributed by atoms with Gasteiger partial charge in [0.25, 0.3) is 0 Å². The molecular weight excluding hydrogens is 256 g/mol. The first-order valence-electron chi connectivity index (χ1n) is 6.52. The van der Waals surface area contributed by atoms with Crippen molar-refractivity contribution in [2.75, 3.05) is 7.11 Å². The molecule has 20 heavy (non-hydrogen) atoms. The zero-order valence-corrected chi connectivity index (χ0v) is 12.7. The largest absolute Gasteiger partial charge is 0.478 e. The molecule has 0 aromatic rings. The van der Waals surface area contributed by atoms with Crippen LogP contribution in [0.1, 0.15) is 34.1 Å². The number of aliphatic carboxylic acids is 1. The first kappa shape index (κ1) is 16.4. The van der Waals surface area contributed by atoms with Crippen molar-refractivity contribution in [3.63, 3.8) is 0 Å². The molecule has 4 heteroatoms. The summed E-state index contributed by atoms with van der Waals surface area (Å²) in [6.07, 6.45) is 6.71. The first-order valence-corrected chi connectivity index (χ1v) is 6.52. The van der Waals surface area contributed by atoms with E-state index in [9.17, 15) is 9.59 Å². The minimum atomic E-state index is -0.982. The second-order valence-electron chi connectivity index (χ2n) is 5.85. The highest BCUT2D eigenvalue weighted by Crippen LogP contribution is 2.46. The summed E-state index contributed by atoms with van der Waals surface area (Å²) in [7, 11) is 1.61. The Bertz CT molecular complexity index is 509. The lowest BCUT2D eigenvalue weighted by atomic mass is 9.64. The predicted molar refractivity (Wildman–Crippen MR) is 77.4 cm³/mol. The number of ketones is 1. The highest BCUT2D eigenvalue weighted by Gasteiger charge is 2.48. The standard InChI is InChI=1S/C16H22O4/c1-11(8-14(18)19)6-7-16(20-5)12(2)9-13(17)10-15(16,3)4/h6-9H,10H2,1-5H3,(H,18,19)/b7-6+,11-8-. The van der Waals surface area contributed by atoms with E-state index < -0.39 is 17.0 Å².